The number of piperidine rings is 1. The molecule has 1 aromatic rings. The number of hydrogen-bond donors (Lipinski definition) is 0. The summed E-state index contributed by atoms with van der Waals surface area (Å²) in [6.45, 7) is -0.0633. The van der Waals surface area contributed by atoms with E-state index >= 15 is 0 Å². The van der Waals surface area contributed by atoms with E-state index in [0.717, 1.165) is 10.5 Å². The van der Waals surface area contributed by atoms with Gasteiger partial charge in [-0.05, 0) is 5.56 Å². The fourth-order valence-corrected chi connectivity index (χ4v) is 1.94. The van der Waals surface area contributed by atoms with Crippen molar-refractivity contribution >= 4 is 6.09 Å². The van der Waals surface area contributed by atoms with Gasteiger partial charge in [-0.15, -0.1) is 0 Å². The van der Waals surface area contributed by atoms with Crippen LogP contribution in [-0.4, -0.2) is 36.4 Å². The van der Waals surface area contributed by atoms with E-state index in [-0.39, 0.29) is 26.1 Å². The number of alkyl halides is 2. The van der Waals surface area contributed by atoms with E-state index in [2.05, 4.69) is 0 Å². The first-order chi connectivity index (χ1) is 8.65. The molecule has 2 atom stereocenters. The molecule has 1 heterocycles. The molecule has 0 aromatic heterocycles. The maximum Gasteiger partial charge on any atom is 0.410 e. The SMILES string of the molecule is O=C(OCc1ccccc1)N1C[C@H](F)C[C@H](F)C1. The predicted octanol–water partition coefficient (Wildman–Crippen LogP) is 2.71. The van der Waals surface area contributed by atoms with Crippen LogP contribution in [0.1, 0.15) is 12.0 Å². The minimum Gasteiger partial charge on any atom is -0.445 e. The first-order valence-electron chi connectivity index (χ1n) is 5.89. The van der Waals surface area contributed by atoms with Gasteiger partial charge in [-0.25, -0.2) is 13.6 Å². The summed E-state index contributed by atoms with van der Waals surface area (Å²) in [6.07, 6.45) is -3.41. The van der Waals surface area contributed by atoms with Gasteiger partial charge in [0.25, 0.3) is 0 Å². The van der Waals surface area contributed by atoms with Gasteiger partial charge in [-0.3, -0.25) is 0 Å². The van der Waals surface area contributed by atoms with Crippen LogP contribution in [0.15, 0.2) is 30.3 Å². The number of rotatable bonds is 2. The molecule has 1 fully saturated rings. The van der Waals surface area contributed by atoms with Crippen molar-refractivity contribution < 1.29 is 18.3 Å². The fraction of sp³-hybridized carbons (Fsp3) is 0.462. The molecule has 5 heteroatoms. The lowest BCUT2D eigenvalue weighted by atomic mass is 10.1. The normalized spacial score (nSPS) is 23.8. The second kappa shape index (κ2) is 5.80. The molecular weight excluding hydrogens is 240 g/mol. The zero-order valence-electron chi connectivity index (χ0n) is 9.89. The van der Waals surface area contributed by atoms with E-state index in [9.17, 15) is 13.6 Å². The Bertz CT molecular complexity index is 389. The molecule has 0 aliphatic carbocycles. The third-order valence-corrected chi connectivity index (χ3v) is 2.81. The van der Waals surface area contributed by atoms with E-state index in [0.29, 0.717) is 0 Å². The van der Waals surface area contributed by atoms with Gasteiger partial charge in [0.05, 0.1) is 13.1 Å². The van der Waals surface area contributed by atoms with Gasteiger partial charge in [0.1, 0.15) is 19.0 Å². The number of carbonyl (C=O) groups excluding carboxylic acids is 1. The lowest BCUT2D eigenvalue weighted by molar-refractivity contribution is 0.0454. The number of nitrogens with zero attached hydrogens (tertiary/aromatic N) is 1. The molecule has 0 N–H and O–H groups in total. The first-order valence-corrected chi connectivity index (χ1v) is 5.89. The van der Waals surface area contributed by atoms with Crippen LogP contribution in [-0.2, 0) is 11.3 Å². The Morgan fingerprint density at radius 1 is 1.22 bits per heavy atom. The average molecular weight is 255 g/mol. The number of ether oxygens (including phenoxy) is 1. The Hall–Kier alpha value is -1.65. The van der Waals surface area contributed by atoms with Crippen molar-refractivity contribution in [3.63, 3.8) is 0 Å². The van der Waals surface area contributed by atoms with Gasteiger partial charge >= 0.3 is 6.09 Å². The Labute approximate surface area is 104 Å². The van der Waals surface area contributed by atoms with Crippen molar-refractivity contribution in [2.45, 2.75) is 25.4 Å². The summed E-state index contributed by atoms with van der Waals surface area (Å²) in [6, 6.07) is 9.16. The molecule has 0 unspecified atom stereocenters. The van der Waals surface area contributed by atoms with Crippen molar-refractivity contribution in [3.05, 3.63) is 35.9 Å². The molecule has 1 aromatic carbocycles. The van der Waals surface area contributed by atoms with Crippen LogP contribution in [0.3, 0.4) is 0 Å². The molecule has 1 aliphatic heterocycles. The van der Waals surface area contributed by atoms with Crippen LogP contribution < -0.4 is 0 Å². The van der Waals surface area contributed by atoms with Crippen LogP contribution in [0.4, 0.5) is 13.6 Å². The highest BCUT2D eigenvalue weighted by Crippen LogP contribution is 2.17. The Balaban J connectivity index is 1.84. The summed E-state index contributed by atoms with van der Waals surface area (Å²) < 4.78 is 31.3. The standard InChI is InChI=1S/C13H15F2NO2/c14-11-6-12(15)8-16(7-11)13(17)18-9-10-4-2-1-3-5-10/h1-5,11-12H,6-9H2/t11-,12+. The highest BCUT2D eigenvalue weighted by Gasteiger charge is 2.30. The van der Waals surface area contributed by atoms with Crippen molar-refractivity contribution in [3.8, 4) is 0 Å². The van der Waals surface area contributed by atoms with Gasteiger partial charge < -0.3 is 9.64 Å². The second-order valence-electron chi connectivity index (χ2n) is 4.38. The van der Waals surface area contributed by atoms with Crippen LogP contribution in [0, 0.1) is 0 Å². The van der Waals surface area contributed by atoms with Gasteiger partial charge in [-0.2, -0.15) is 0 Å². The van der Waals surface area contributed by atoms with Crippen LogP contribution in [0.5, 0.6) is 0 Å². The van der Waals surface area contributed by atoms with Gasteiger partial charge in [0.2, 0.25) is 0 Å². The fourth-order valence-electron chi connectivity index (χ4n) is 1.94. The smallest absolute Gasteiger partial charge is 0.410 e. The van der Waals surface area contributed by atoms with Crippen molar-refractivity contribution in [1.29, 1.82) is 0 Å². The molecule has 1 amide bonds. The molecule has 0 spiro atoms. The molecule has 2 rings (SSSR count). The topological polar surface area (TPSA) is 29.5 Å². The Morgan fingerprint density at radius 3 is 2.44 bits per heavy atom. The van der Waals surface area contributed by atoms with Crippen LogP contribution in [0.2, 0.25) is 0 Å². The quantitative estimate of drug-likeness (QED) is 0.813. The van der Waals surface area contributed by atoms with Crippen molar-refractivity contribution in [1.82, 2.24) is 4.90 Å². The molecule has 98 valence electrons. The predicted molar refractivity (Wildman–Crippen MR) is 62.6 cm³/mol. The highest BCUT2D eigenvalue weighted by atomic mass is 19.1. The zero-order valence-corrected chi connectivity index (χ0v) is 9.89. The minimum absolute atomic E-state index is 0.0892. The third kappa shape index (κ3) is 3.42. The maximum absolute atomic E-state index is 13.1. The molecule has 3 nitrogen and oxygen atoms in total. The first kappa shape index (κ1) is 12.8. The number of benzene rings is 1. The average Bonchev–Trinajstić information content (AvgIpc) is 2.36. The number of likely N-dealkylation sites (tertiary alicyclic amines) is 1. The van der Waals surface area contributed by atoms with Crippen molar-refractivity contribution in [2.24, 2.45) is 0 Å². The summed E-state index contributed by atoms with van der Waals surface area (Å²) >= 11 is 0. The van der Waals surface area contributed by atoms with Crippen LogP contribution in [0.25, 0.3) is 0 Å². The Morgan fingerprint density at radius 2 is 1.83 bits per heavy atom. The summed E-state index contributed by atoms with van der Waals surface area (Å²) in [4.78, 5) is 12.7. The van der Waals surface area contributed by atoms with E-state index in [1.165, 1.54) is 0 Å². The number of carbonyl (C=O) groups is 1. The monoisotopic (exact) mass is 255 g/mol. The lowest BCUT2D eigenvalue weighted by Crippen LogP contribution is -2.46. The summed E-state index contributed by atoms with van der Waals surface area (Å²) in [5.74, 6) is 0. The zero-order chi connectivity index (χ0) is 13.0. The number of halogens is 2. The van der Waals surface area contributed by atoms with E-state index < -0.39 is 18.4 Å². The van der Waals surface area contributed by atoms with Crippen molar-refractivity contribution in [2.75, 3.05) is 13.1 Å². The number of hydrogen-bond acceptors (Lipinski definition) is 2. The summed E-state index contributed by atoms with van der Waals surface area (Å²) in [5.41, 5.74) is 0.844. The minimum atomic E-state index is -1.31. The van der Waals surface area contributed by atoms with Gasteiger partial charge in [0.15, 0.2) is 0 Å². The van der Waals surface area contributed by atoms with Crippen LogP contribution >= 0.6 is 0 Å². The molecule has 0 saturated carbocycles. The lowest BCUT2D eigenvalue weighted by Gasteiger charge is -2.30. The molecule has 0 bridgehead atoms. The third-order valence-electron chi connectivity index (χ3n) is 2.81. The summed E-state index contributed by atoms with van der Waals surface area (Å²) in [7, 11) is 0. The highest BCUT2D eigenvalue weighted by molar-refractivity contribution is 5.67. The second-order valence-corrected chi connectivity index (χ2v) is 4.38. The van der Waals surface area contributed by atoms with E-state index in [4.69, 9.17) is 4.74 Å². The number of amides is 1. The van der Waals surface area contributed by atoms with E-state index in [1.807, 2.05) is 30.3 Å². The van der Waals surface area contributed by atoms with Gasteiger partial charge in [0, 0.05) is 6.42 Å². The molecule has 18 heavy (non-hydrogen) atoms. The summed E-state index contributed by atoms with van der Waals surface area (Å²) in [5, 5.41) is 0. The molecule has 1 aliphatic rings. The molecule has 1 saturated heterocycles. The van der Waals surface area contributed by atoms with E-state index in [1.54, 1.807) is 0 Å². The Kier molecular flexibility index (Phi) is 4.12. The van der Waals surface area contributed by atoms with Gasteiger partial charge in [-0.1, -0.05) is 30.3 Å². The maximum atomic E-state index is 13.1. The largest absolute Gasteiger partial charge is 0.445 e. The molecule has 0 radical (unpaired) electrons. The molecular formula is C13H15F2NO2.